The van der Waals surface area contributed by atoms with Crippen molar-refractivity contribution in [1.29, 1.82) is 0 Å². The summed E-state index contributed by atoms with van der Waals surface area (Å²) in [5.74, 6) is -0.147. The van der Waals surface area contributed by atoms with Gasteiger partial charge in [0, 0.05) is 26.7 Å². The summed E-state index contributed by atoms with van der Waals surface area (Å²) in [6, 6.07) is 28.7. The van der Waals surface area contributed by atoms with Crippen molar-refractivity contribution in [3.8, 4) is 0 Å². The average molecular weight is 489 g/mol. The van der Waals surface area contributed by atoms with Crippen LogP contribution in [-0.2, 0) is 16.0 Å². The molecule has 0 aliphatic heterocycles. The number of rotatable bonds is 8. The van der Waals surface area contributed by atoms with E-state index >= 15 is 0 Å². The number of hydrogen-bond acceptors (Lipinski definition) is 3. The molecule has 0 fully saturated rings. The number of hydrogen-bond donors (Lipinski definition) is 2. The molecule has 1 atom stereocenters. The van der Waals surface area contributed by atoms with Crippen LogP contribution >= 0.6 is 23.4 Å². The van der Waals surface area contributed by atoms with Crippen molar-refractivity contribution in [2.45, 2.75) is 29.9 Å². The van der Waals surface area contributed by atoms with Gasteiger partial charge in [0.2, 0.25) is 11.8 Å². The van der Waals surface area contributed by atoms with Gasteiger partial charge in [0.15, 0.2) is 0 Å². The van der Waals surface area contributed by atoms with E-state index in [0.717, 1.165) is 26.9 Å². The van der Waals surface area contributed by atoms with Gasteiger partial charge in [-0.3, -0.25) is 9.59 Å². The van der Waals surface area contributed by atoms with Crippen LogP contribution in [0.2, 0.25) is 5.02 Å². The normalized spacial score (nSPS) is 11.7. The van der Waals surface area contributed by atoms with Gasteiger partial charge in [0.05, 0.1) is 11.7 Å². The highest BCUT2D eigenvalue weighted by molar-refractivity contribution is 8.00. The van der Waals surface area contributed by atoms with Gasteiger partial charge in [-0.15, -0.1) is 11.8 Å². The molecule has 0 aliphatic carbocycles. The molecule has 6 heteroatoms. The Bertz CT molecular complexity index is 1300. The Morgan fingerprint density at radius 1 is 0.882 bits per heavy atom. The first-order chi connectivity index (χ1) is 16.5. The largest absolute Gasteiger partial charge is 0.326 e. The molecule has 0 radical (unpaired) electrons. The molecule has 34 heavy (non-hydrogen) atoms. The minimum absolute atomic E-state index is 0.0407. The fourth-order valence-corrected chi connectivity index (χ4v) is 4.81. The number of carbonyl (C=O) groups is 2. The van der Waals surface area contributed by atoms with E-state index in [1.807, 2.05) is 85.8 Å². The number of thioether (sulfide) groups is 1. The first-order valence-corrected chi connectivity index (χ1v) is 12.4. The maximum atomic E-state index is 13.1. The monoisotopic (exact) mass is 488 g/mol. The third kappa shape index (κ3) is 6.19. The summed E-state index contributed by atoms with van der Waals surface area (Å²) >= 11 is 7.40. The SMILES string of the molecule is CCC(Sc1cccc(NC(=O)Cc2ccc(Cl)cc2)c1)C(=O)Nc1cccc2ccccc12. The van der Waals surface area contributed by atoms with E-state index in [-0.39, 0.29) is 23.5 Å². The number of fused-ring (bicyclic) bond motifs is 1. The van der Waals surface area contributed by atoms with Gasteiger partial charge in [-0.25, -0.2) is 0 Å². The number of nitrogens with one attached hydrogen (secondary N) is 2. The van der Waals surface area contributed by atoms with Crippen LogP contribution in [0.4, 0.5) is 11.4 Å². The molecule has 4 rings (SSSR count). The van der Waals surface area contributed by atoms with E-state index in [9.17, 15) is 9.59 Å². The topological polar surface area (TPSA) is 58.2 Å². The van der Waals surface area contributed by atoms with Crippen LogP contribution in [0.1, 0.15) is 18.9 Å². The van der Waals surface area contributed by atoms with Crippen LogP contribution in [0.25, 0.3) is 10.8 Å². The highest BCUT2D eigenvalue weighted by atomic mass is 35.5. The van der Waals surface area contributed by atoms with Gasteiger partial charge in [0.1, 0.15) is 0 Å². The van der Waals surface area contributed by atoms with E-state index in [1.54, 1.807) is 12.1 Å². The van der Waals surface area contributed by atoms with Crippen molar-refractivity contribution < 1.29 is 9.59 Å². The van der Waals surface area contributed by atoms with Gasteiger partial charge < -0.3 is 10.6 Å². The molecule has 0 saturated carbocycles. The zero-order valence-electron chi connectivity index (χ0n) is 18.8. The molecule has 0 spiro atoms. The van der Waals surface area contributed by atoms with Gasteiger partial charge in [-0.2, -0.15) is 0 Å². The summed E-state index contributed by atoms with van der Waals surface area (Å²) in [6.45, 7) is 2.00. The number of benzene rings is 4. The Morgan fingerprint density at radius 3 is 2.41 bits per heavy atom. The molecule has 0 aliphatic rings. The minimum atomic E-state index is -0.265. The maximum Gasteiger partial charge on any atom is 0.237 e. The quantitative estimate of drug-likeness (QED) is 0.258. The number of amides is 2. The van der Waals surface area contributed by atoms with Crippen molar-refractivity contribution in [3.05, 3.63) is 102 Å². The van der Waals surface area contributed by atoms with Crippen molar-refractivity contribution in [2.24, 2.45) is 0 Å². The van der Waals surface area contributed by atoms with Crippen LogP contribution in [0.5, 0.6) is 0 Å². The Kier molecular flexibility index (Phi) is 7.88. The van der Waals surface area contributed by atoms with Crippen molar-refractivity contribution in [3.63, 3.8) is 0 Å². The lowest BCUT2D eigenvalue weighted by molar-refractivity contribution is -0.116. The van der Waals surface area contributed by atoms with Gasteiger partial charge in [0.25, 0.3) is 0 Å². The molecule has 2 amide bonds. The van der Waals surface area contributed by atoms with Crippen LogP contribution in [0.15, 0.2) is 95.9 Å². The van der Waals surface area contributed by atoms with Crippen LogP contribution in [0, 0.1) is 0 Å². The molecule has 2 N–H and O–H groups in total. The van der Waals surface area contributed by atoms with Gasteiger partial charge in [-0.1, -0.05) is 73.1 Å². The Hall–Kier alpha value is -3.28. The Balaban J connectivity index is 1.40. The molecule has 0 bridgehead atoms. The van der Waals surface area contributed by atoms with Gasteiger partial charge >= 0.3 is 0 Å². The fourth-order valence-electron chi connectivity index (χ4n) is 3.67. The summed E-state index contributed by atoms with van der Waals surface area (Å²) in [5, 5.41) is 8.52. The Morgan fingerprint density at radius 2 is 1.62 bits per heavy atom. The molecule has 4 aromatic rings. The number of carbonyl (C=O) groups excluding carboxylic acids is 2. The van der Waals surface area contributed by atoms with E-state index < -0.39 is 0 Å². The van der Waals surface area contributed by atoms with Crippen LogP contribution in [-0.4, -0.2) is 17.1 Å². The predicted octanol–water partition coefficient (Wildman–Crippen LogP) is 7.18. The van der Waals surface area contributed by atoms with E-state index in [1.165, 1.54) is 11.8 Å². The first-order valence-electron chi connectivity index (χ1n) is 11.1. The van der Waals surface area contributed by atoms with Crippen LogP contribution < -0.4 is 10.6 Å². The molecule has 4 nitrogen and oxygen atoms in total. The van der Waals surface area contributed by atoms with Crippen molar-refractivity contribution in [1.82, 2.24) is 0 Å². The predicted molar refractivity (Wildman–Crippen MR) is 143 cm³/mol. The number of anilines is 2. The lowest BCUT2D eigenvalue weighted by Gasteiger charge is -2.16. The first kappa shape index (κ1) is 23.9. The highest BCUT2D eigenvalue weighted by Gasteiger charge is 2.19. The molecule has 1 unspecified atom stereocenters. The van der Waals surface area contributed by atoms with E-state index in [0.29, 0.717) is 17.1 Å². The maximum absolute atomic E-state index is 13.1. The lowest BCUT2D eigenvalue weighted by atomic mass is 10.1. The summed E-state index contributed by atoms with van der Waals surface area (Å²) < 4.78 is 0. The van der Waals surface area contributed by atoms with Gasteiger partial charge in [-0.05, 0) is 53.8 Å². The standard InChI is InChI=1S/C28H25ClN2O2S/c1-2-26(28(33)31-25-12-5-8-20-7-3-4-11-24(20)25)34-23-10-6-9-22(18-23)30-27(32)17-19-13-15-21(29)16-14-19/h3-16,18,26H,2,17H2,1H3,(H,30,32)(H,31,33). The van der Waals surface area contributed by atoms with Crippen molar-refractivity contribution >= 4 is 57.3 Å². The highest BCUT2D eigenvalue weighted by Crippen LogP contribution is 2.30. The molecule has 0 saturated heterocycles. The zero-order valence-corrected chi connectivity index (χ0v) is 20.3. The molecular weight excluding hydrogens is 464 g/mol. The van der Waals surface area contributed by atoms with Crippen LogP contribution in [0.3, 0.4) is 0 Å². The smallest absolute Gasteiger partial charge is 0.237 e. The molecule has 0 aromatic heterocycles. The second-order valence-electron chi connectivity index (χ2n) is 7.91. The third-order valence-corrected chi connectivity index (χ3v) is 6.99. The number of halogens is 1. The summed E-state index contributed by atoms with van der Waals surface area (Å²) in [7, 11) is 0. The molecule has 4 aromatic carbocycles. The molecule has 172 valence electrons. The summed E-state index contributed by atoms with van der Waals surface area (Å²) in [5.41, 5.74) is 2.40. The lowest BCUT2D eigenvalue weighted by Crippen LogP contribution is -2.24. The average Bonchev–Trinajstić information content (AvgIpc) is 2.84. The summed E-state index contributed by atoms with van der Waals surface area (Å²) in [4.78, 5) is 26.5. The second kappa shape index (κ2) is 11.2. The fraction of sp³-hybridized carbons (Fsp3) is 0.143. The minimum Gasteiger partial charge on any atom is -0.326 e. The Labute approximate surface area is 208 Å². The van der Waals surface area contributed by atoms with E-state index in [4.69, 9.17) is 11.6 Å². The molecule has 0 heterocycles. The molecular formula is C28H25ClN2O2S. The summed E-state index contributed by atoms with van der Waals surface area (Å²) in [6.07, 6.45) is 0.938. The zero-order chi connectivity index (χ0) is 23.9. The van der Waals surface area contributed by atoms with E-state index in [2.05, 4.69) is 10.6 Å². The second-order valence-corrected chi connectivity index (χ2v) is 9.62. The van der Waals surface area contributed by atoms with Crippen molar-refractivity contribution in [2.75, 3.05) is 10.6 Å². The third-order valence-electron chi connectivity index (χ3n) is 5.38.